The van der Waals surface area contributed by atoms with E-state index in [1.807, 2.05) is 11.4 Å². The number of nitrogens with one attached hydrogen (secondary N) is 2. The van der Waals surface area contributed by atoms with Crippen LogP contribution < -0.4 is 10.6 Å². The van der Waals surface area contributed by atoms with Crippen LogP contribution in [0.1, 0.15) is 13.8 Å². The van der Waals surface area contributed by atoms with Crippen LogP contribution in [-0.4, -0.2) is 33.7 Å². The molecule has 0 saturated heterocycles. The highest BCUT2D eigenvalue weighted by Crippen LogP contribution is 2.30. The molecule has 2 N–H and O–H groups in total. The topological polar surface area (TPSA) is 84.0 Å². The lowest BCUT2D eigenvalue weighted by Gasteiger charge is -2.11. The number of carbonyl (C=O) groups is 2. The molecular formula is C12H14N4O2S2. The number of aromatic nitrogens is 2. The summed E-state index contributed by atoms with van der Waals surface area (Å²) < 4.78 is 0. The van der Waals surface area contributed by atoms with E-state index in [4.69, 9.17) is 0 Å². The minimum atomic E-state index is -0.478. The molecule has 0 radical (unpaired) electrons. The predicted octanol–water partition coefficient (Wildman–Crippen LogP) is 2.02. The van der Waals surface area contributed by atoms with Gasteiger partial charge in [-0.05, 0) is 25.3 Å². The van der Waals surface area contributed by atoms with Crippen molar-refractivity contribution in [1.82, 2.24) is 20.6 Å². The number of amides is 3. The fraction of sp³-hybridized carbons (Fsp3) is 0.333. The minimum absolute atomic E-state index is 0.344. The molecular weight excluding hydrogens is 296 g/mol. The van der Waals surface area contributed by atoms with E-state index >= 15 is 0 Å². The first kappa shape index (κ1) is 14.7. The Kier molecular flexibility index (Phi) is 4.91. The highest BCUT2D eigenvalue weighted by Gasteiger charge is 2.18. The van der Waals surface area contributed by atoms with Crippen LogP contribution in [-0.2, 0) is 4.79 Å². The number of hydrogen-bond acceptors (Lipinski definition) is 6. The number of nitrogens with zero attached hydrogens (tertiary/aromatic N) is 2. The standard InChI is InChI=1S/C12H14N4O2S2/c1-3-13-12(18)16-9(17)7(2)20-11-8-4-5-19-10(8)14-6-15-11/h4-7H,3H2,1-2H3,(H2,13,16,17,18). The minimum Gasteiger partial charge on any atom is -0.338 e. The van der Waals surface area contributed by atoms with E-state index in [1.54, 1.807) is 13.8 Å². The zero-order chi connectivity index (χ0) is 14.5. The molecule has 8 heteroatoms. The van der Waals surface area contributed by atoms with Crippen molar-refractivity contribution in [2.75, 3.05) is 6.54 Å². The lowest BCUT2D eigenvalue weighted by molar-refractivity contribution is -0.119. The largest absolute Gasteiger partial charge is 0.338 e. The molecule has 6 nitrogen and oxygen atoms in total. The van der Waals surface area contributed by atoms with Crippen LogP contribution in [0.2, 0.25) is 0 Å². The Hall–Kier alpha value is -1.67. The molecule has 0 aliphatic heterocycles. The van der Waals surface area contributed by atoms with Gasteiger partial charge in [-0.25, -0.2) is 14.8 Å². The van der Waals surface area contributed by atoms with Gasteiger partial charge in [0.25, 0.3) is 0 Å². The van der Waals surface area contributed by atoms with E-state index in [-0.39, 0.29) is 5.91 Å². The average molecular weight is 310 g/mol. The van der Waals surface area contributed by atoms with E-state index in [0.29, 0.717) is 6.54 Å². The van der Waals surface area contributed by atoms with Crippen LogP contribution in [0.15, 0.2) is 22.8 Å². The van der Waals surface area contributed by atoms with Gasteiger partial charge >= 0.3 is 6.03 Å². The van der Waals surface area contributed by atoms with Crippen LogP contribution in [0.3, 0.4) is 0 Å². The quantitative estimate of drug-likeness (QED) is 0.667. The summed E-state index contributed by atoms with van der Waals surface area (Å²) in [6.45, 7) is 4.00. The maximum Gasteiger partial charge on any atom is 0.321 e. The Morgan fingerprint density at radius 3 is 3.00 bits per heavy atom. The van der Waals surface area contributed by atoms with Gasteiger partial charge in [-0.3, -0.25) is 10.1 Å². The molecule has 1 unspecified atom stereocenters. The van der Waals surface area contributed by atoms with Crippen LogP contribution in [0.25, 0.3) is 10.2 Å². The van der Waals surface area contributed by atoms with Gasteiger partial charge in [0, 0.05) is 11.9 Å². The molecule has 2 heterocycles. The van der Waals surface area contributed by atoms with E-state index in [2.05, 4.69) is 20.6 Å². The predicted molar refractivity (Wildman–Crippen MR) is 79.9 cm³/mol. The van der Waals surface area contributed by atoms with Crippen molar-refractivity contribution < 1.29 is 9.59 Å². The van der Waals surface area contributed by atoms with Crippen LogP contribution in [0.4, 0.5) is 4.79 Å². The van der Waals surface area contributed by atoms with Gasteiger partial charge in [0.1, 0.15) is 16.2 Å². The summed E-state index contributed by atoms with van der Waals surface area (Å²) in [6.07, 6.45) is 1.48. The third kappa shape index (κ3) is 3.45. The Morgan fingerprint density at radius 2 is 2.25 bits per heavy atom. The number of imide groups is 1. The second-order valence-corrected chi connectivity index (χ2v) is 6.15. The van der Waals surface area contributed by atoms with E-state index in [1.165, 1.54) is 29.4 Å². The zero-order valence-corrected chi connectivity index (χ0v) is 12.7. The number of fused-ring (bicyclic) bond motifs is 1. The van der Waals surface area contributed by atoms with Crippen LogP contribution in [0, 0.1) is 0 Å². The SMILES string of the molecule is CCNC(=O)NC(=O)C(C)Sc1ncnc2sccc12. The molecule has 2 aromatic heterocycles. The average Bonchev–Trinajstić information content (AvgIpc) is 2.88. The second kappa shape index (κ2) is 6.67. The summed E-state index contributed by atoms with van der Waals surface area (Å²) in [5.74, 6) is -0.344. The summed E-state index contributed by atoms with van der Waals surface area (Å²) in [5.41, 5.74) is 0. The molecule has 0 aromatic carbocycles. The highest BCUT2D eigenvalue weighted by atomic mass is 32.2. The van der Waals surface area contributed by atoms with Gasteiger partial charge in [-0.15, -0.1) is 11.3 Å². The van der Waals surface area contributed by atoms with Crippen molar-refractivity contribution in [1.29, 1.82) is 0 Å². The molecule has 2 aromatic rings. The summed E-state index contributed by atoms with van der Waals surface area (Å²) in [5, 5.41) is 8.00. The monoisotopic (exact) mass is 310 g/mol. The molecule has 2 rings (SSSR count). The maximum absolute atomic E-state index is 11.9. The van der Waals surface area contributed by atoms with Gasteiger partial charge in [-0.2, -0.15) is 0 Å². The molecule has 1 atom stereocenters. The van der Waals surface area contributed by atoms with Crippen molar-refractivity contribution in [3.05, 3.63) is 17.8 Å². The van der Waals surface area contributed by atoms with Crippen molar-refractivity contribution in [2.24, 2.45) is 0 Å². The number of carbonyl (C=O) groups excluding carboxylic acids is 2. The first-order valence-electron chi connectivity index (χ1n) is 6.05. The summed E-state index contributed by atoms with van der Waals surface area (Å²) in [4.78, 5) is 32.4. The van der Waals surface area contributed by atoms with Crippen molar-refractivity contribution in [3.63, 3.8) is 0 Å². The highest BCUT2D eigenvalue weighted by molar-refractivity contribution is 8.00. The third-order valence-corrected chi connectivity index (χ3v) is 4.39. The van der Waals surface area contributed by atoms with E-state index in [0.717, 1.165) is 15.2 Å². The van der Waals surface area contributed by atoms with Gasteiger partial charge in [-0.1, -0.05) is 11.8 Å². The smallest absolute Gasteiger partial charge is 0.321 e. The number of thiophene rings is 1. The Labute approximate surface area is 124 Å². The maximum atomic E-state index is 11.9. The molecule has 0 bridgehead atoms. The number of rotatable bonds is 4. The number of hydrogen-bond donors (Lipinski definition) is 2. The lowest BCUT2D eigenvalue weighted by atomic mass is 10.4. The van der Waals surface area contributed by atoms with Crippen molar-refractivity contribution >= 4 is 45.3 Å². The van der Waals surface area contributed by atoms with Crippen LogP contribution in [0.5, 0.6) is 0 Å². The molecule has 3 amide bonds. The normalized spacial score (nSPS) is 12.1. The third-order valence-electron chi connectivity index (χ3n) is 2.46. The molecule has 20 heavy (non-hydrogen) atoms. The molecule has 106 valence electrons. The van der Waals surface area contributed by atoms with Crippen molar-refractivity contribution in [3.8, 4) is 0 Å². The molecule has 0 aliphatic rings. The molecule has 0 saturated carbocycles. The van der Waals surface area contributed by atoms with Gasteiger partial charge < -0.3 is 5.32 Å². The summed E-state index contributed by atoms with van der Waals surface area (Å²) >= 11 is 2.83. The van der Waals surface area contributed by atoms with Gasteiger partial charge in [0.2, 0.25) is 5.91 Å². The number of urea groups is 1. The fourth-order valence-electron chi connectivity index (χ4n) is 1.50. The van der Waals surface area contributed by atoms with Crippen molar-refractivity contribution in [2.45, 2.75) is 24.1 Å². The Bertz CT molecular complexity index is 629. The van der Waals surface area contributed by atoms with Crippen LogP contribution >= 0.6 is 23.1 Å². The summed E-state index contributed by atoms with van der Waals surface area (Å²) in [7, 11) is 0. The van der Waals surface area contributed by atoms with E-state index < -0.39 is 11.3 Å². The molecule has 0 aliphatic carbocycles. The zero-order valence-electron chi connectivity index (χ0n) is 11.0. The number of thioether (sulfide) groups is 1. The molecule has 0 fully saturated rings. The molecule has 0 spiro atoms. The first-order valence-corrected chi connectivity index (χ1v) is 7.81. The fourth-order valence-corrected chi connectivity index (χ4v) is 3.20. The second-order valence-electron chi connectivity index (χ2n) is 3.93. The first-order chi connectivity index (χ1) is 9.61. The van der Waals surface area contributed by atoms with Gasteiger partial charge in [0.15, 0.2) is 0 Å². The summed E-state index contributed by atoms with van der Waals surface area (Å²) in [6, 6.07) is 1.45. The lowest BCUT2D eigenvalue weighted by Crippen LogP contribution is -2.42. The van der Waals surface area contributed by atoms with Gasteiger partial charge in [0.05, 0.1) is 5.25 Å². The van der Waals surface area contributed by atoms with E-state index in [9.17, 15) is 9.59 Å². The Balaban J connectivity index is 2.04. The Morgan fingerprint density at radius 1 is 1.45 bits per heavy atom.